The third-order valence-corrected chi connectivity index (χ3v) is 0.627. The lowest BCUT2D eigenvalue weighted by Gasteiger charge is -1.87. The second kappa shape index (κ2) is 2.64. The van der Waals surface area contributed by atoms with Gasteiger partial charge >= 0.3 is 0 Å². The maximum Gasteiger partial charge on any atom is 0.104 e. The fourth-order valence-electron chi connectivity index (χ4n) is 0.0913. The molecule has 1 nitrogen and oxygen atoms in total. The third kappa shape index (κ3) is 1.70. The van der Waals surface area contributed by atoms with Gasteiger partial charge in [-0.05, 0) is 0 Å². The average Bonchev–Trinajstić information content (AvgIpc) is 1.65. The van der Waals surface area contributed by atoms with Gasteiger partial charge in [-0.15, -0.1) is 6.58 Å². The minimum atomic E-state index is 1.69. The van der Waals surface area contributed by atoms with Crippen LogP contribution in [0.25, 0.3) is 0 Å². The molecule has 0 aromatic carbocycles. The largest absolute Gasteiger partial charge is 0.373 e. The van der Waals surface area contributed by atoms with Crippen LogP contribution in [-0.2, 0) is 0 Å². The summed E-state index contributed by atoms with van der Waals surface area (Å²) in [7, 11) is 1.88. The summed E-state index contributed by atoms with van der Waals surface area (Å²) in [6.45, 7) is 5.33. The molecule has 0 aliphatic rings. The zero-order valence-corrected chi connectivity index (χ0v) is 4.23. The molecule has 0 saturated heterocycles. The second-order valence-corrected chi connectivity index (χ2v) is 1.02. The SMILES string of the molecule is C=C[N+](C)=[C-]C. The Morgan fingerprint density at radius 1 is 1.83 bits per heavy atom. The summed E-state index contributed by atoms with van der Waals surface area (Å²) in [4.78, 5) is 0. The molecule has 0 aliphatic heterocycles. The van der Waals surface area contributed by atoms with Gasteiger partial charge in [-0.25, -0.2) is 0 Å². The lowest BCUT2D eigenvalue weighted by atomic mass is 10.8. The number of rotatable bonds is 1. The highest BCUT2D eigenvalue weighted by molar-refractivity contribution is 5.46. The molecule has 0 aliphatic carbocycles. The molecule has 0 rings (SSSR count). The van der Waals surface area contributed by atoms with Crippen LogP contribution in [0.2, 0.25) is 0 Å². The van der Waals surface area contributed by atoms with Gasteiger partial charge in [0, 0.05) is 12.4 Å². The molecule has 0 radical (unpaired) electrons. The van der Waals surface area contributed by atoms with Crippen molar-refractivity contribution < 1.29 is 4.58 Å². The summed E-state index contributed by atoms with van der Waals surface area (Å²) < 4.78 is 1.76. The van der Waals surface area contributed by atoms with E-state index in [0.717, 1.165) is 0 Å². The standard InChI is InChI=1S/C5H9N/c1-4-6(3)5-2/h4H,1H2,2-3H3. The number of nitrogens with zero attached hydrogens (tertiary/aromatic N) is 1. The Kier molecular flexibility index (Phi) is 2.38. The Hall–Kier alpha value is -0.590. The summed E-state index contributed by atoms with van der Waals surface area (Å²) >= 11 is 0. The van der Waals surface area contributed by atoms with Crippen molar-refractivity contribution in [3.05, 3.63) is 12.8 Å². The van der Waals surface area contributed by atoms with Crippen molar-refractivity contribution in [3.8, 4) is 0 Å². The van der Waals surface area contributed by atoms with Crippen molar-refractivity contribution in [2.24, 2.45) is 0 Å². The lowest BCUT2D eigenvalue weighted by molar-refractivity contribution is -0.416. The van der Waals surface area contributed by atoms with Crippen LogP contribution in [-0.4, -0.2) is 17.8 Å². The maximum absolute atomic E-state index is 3.49. The van der Waals surface area contributed by atoms with Crippen LogP contribution in [0.1, 0.15) is 6.92 Å². The van der Waals surface area contributed by atoms with E-state index in [0.29, 0.717) is 0 Å². The lowest BCUT2D eigenvalue weighted by Crippen LogP contribution is -1.91. The van der Waals surface area contributed by atoms with Crippen LogP contribution in [0, 0.1) is 0 Å². The molecule has 0 heterocycles. The van der Waals surface area contributed by atoms with E-state index in [1.165, 1.54) is 0 Å². The smallest absolute Gasteiger partial charge is 0.104 e. The first kappa shape index (κ1) is 5.41. The topological polar surface area (TPSA) is 3.01 Å². The van der Waals surface area contributed by atoms with Gasteiger partial charge in [0.05, 0.1) is 0 Å². The Balaban J connectivity index is 3.50. The first-order valence-electron chi connectivity index (χ1n) is 1.84. The van der Waals surface area contributed by atoms with Crippen LogP contribution in [0.3, 0.4) is 0 Å². The average molecular weight is 83.1 g/mol. The molecule has 6 heavy (non-hydrogen) atoms. The van der Waals surface area contributed by atoms with E-state index in [1.54, 1.807) is 10.8 Å². The molecule has 0 saturated carbocycles. The Bertz CT molecular complexity index is 72.0. The molecule has 0 unspecified atom stereocenters. The molecular weight excluding hydrogens is 74.1 g/mol. The predicted molar refractivity (Wildman–Crippen MR) is 27.1 cm³/mol. The van der Waals surface area contributed by atoms with E-state index in [1.807, 2.05) is 14.0 Å². The summed E-state index contributed by atoms with van der Waals surface area (Å²) in [5.74, 6) is 0. The first-order chi connectivity index (χ1) is 2.81. The molecule has 34 valence electrons. The Morgan fingerprint density at radius 3 is 2.33 bits per heavy atom. The van der Waals surface area contributed by atoms with Crippen molar-refractivity contribution in [1.29, 1.82) is 0 Å². The van der Waals surface area contributed by atoms with Crippen molar-refractivity contribution in [2.75, 3.05) is 7.05 Å². The predicted octanol–water partition coefficient (Wildman–Crippen LogP) is 0.740. The van der Waals surface area contributed by atoms with Gasteiger partial charge in [-0.1, -0.05) is 6.92 Å². The van der Waals surface area contributed by atoms with Crippen LogP contribution < -0.4 is 0 Å². The van der Waals surface area contributed by atoms with Gasteiger partial charge in [0.15, 0.2) is 0 Å². The summed E-state index contributed by atoms with van der Waals surface area (Å²) in [5.41, 5.74) is 0. The molecule has 0 aromatic heterocycles. The fraction of sp³-hybridized carbons (Fsp3) is 0.400. The van der Waals surface area contributed by atoms with E-state index < -0.39 is 0 Å². The second-order valence-electron chi connectivity index (χ2n) is 1.02. The molecule has 0 atom stereocenters. The van der Waals surface area contributed by atoms with Crippen molar-refractivity contribution in [1.82, 2.24) is 0 Å². The van der Waals surface area contributed by atoms with Crippen LogP contribution >= 0.6 is 0 Å². The van der Waals surface area contributed by atoms with E-state index in [9.17, 15) is 0 Å². The van der Waals surface area contributed by atoms with E-state index in [2.05, 4.69) is 12.8 Å². The number of hydrogen-bond acceptors (Lipinski definition) is 0. The van der Waals surface area contributed by atoms with Gasteiger partial charge in [0.1, 0.15) is 7.05 Å². The molecule has 0 N–H and O–H groups in total. The highest BCUT2D eigenvalue weighted by atomic mass is 14.9. The highest BCUT2D eigenvalue weighted by Gasteiger charge is 1.60. The minimum absolute atomic E-state index is 1.69. The molecule has 0 aromatic rings. The summed E-state index contributed by atoms with van der Waals surface area (Å²) in [5, 5.41) is 0. The third-order valence-electron chi connectivity index (χ3n) is 0.627. The van der Waals surface area contributed by atoms with E-state index >= 15 is 0 Å². The van der Waals surface area contributed by atoms with Crippen molar-refractivity contribution >= 4 is 6.21 Å². The first-order valence-corrected chi connectivity index (χ1v) is 1.84. The minimum Gasteiger partial charge on any atom is -0.373 e. The zero-order valence-electron chi connectivity index (χ0n) is 4.23. The Morgan fingerprint density at radius 2 is 2.33 bits per heavy atom. The fourth-order valence-corrected chi connectivity index (χ4v) is 0.0913. The van der Waals surface area contributed by atoms with Gasteiger partial charge in [-0.2, -0.15) is 0 Å². The molecule has 0 bridgehead atoms. The van der Waals surface area contributed by atoms with Crippen LogP contribution in [0.15, 0.2) is 12.8 Å². The number of hydrogen-bond donors (Lipinski definition) is 0. The summed E-state index contributed by atoms with van der Waals surface area (Å²) in [6.07, 6.45) is 4.52. The van der Waals surface area contributed by atoms with E-state index in [-0.39, 0.29) is 0 Å². The van der Waals surface area contributed by atoms with Crippen LogP contribution in [0.5, 0.6) is 0 Å². The normalized spacial score (nSPS) is 11.3. The highest BCUT2D eigenvalue weighted by Crippen LogP contribution is 1.58. The van der Waals surface area contributed by atoms with Crippen molar-refractivity contribution in [2.45, 2.75) is 6.92 Å². The molecule has 0 spiro atoms. The van der Waals surface area contributed by atoms with Gasteiger partial charge < -0.3 is 4.58 Å². The van der Waals surface area contributed by atoms with Gasteiger partial charge in [0.2, 0.25) is 0 Å². The Labute approximate surface area is 38.6 Å². The zero-order chi connectivity index (χ0) is 4.99. The molecule has 0 amide bonds. The van der Waals surface area contributed by atoms with Gasteiger partial charge in [0.25, 0.3) is 0 Å². The van der Waals surface area contributed by atoms with Gasteiger partial charge in [-0.3, -0.25) is 0 Å². The maximum atomic E-state index is 3.49. The quantitative estimate of drug-likeness (QED) is 0.250. The molecular formula is C5H9N. The van der Waals surface area contributed by atoms with Crippen molar-refractivity contribution in [3.63, 3.8) is 0 Å². The summed E-state index contributed by atoms with van der Waals surface area (Å²) in [6, 6.07) is 0. The monoisotopic (exact) mass is 83.1 g/mol. The van der Waals surface area contributed by atoms with Crippen LogP contribution in [0.4, 0.5) is 0 Å². The van der Waals surface area contributed by atoms with E-state index in [4.69, 9.17) is 0 Å². The molecule has 0 fully saturated rings. The molecule has 1 heteroatoms.